The van der Waals surface area contributed by atoms with E-state index in [-0.39, 0.29) is 11.4 Å². The van der Waals surface area contributed by atoms with Crippen molar-refractivity contribution >= 4 is 104 Å². The van der Waals surface area contributed by atoms with Crippen LogP contribution in [0.4, 0.5) is 11.4 Å². The van der Waals surface area contributed by atoms with Gasteiger partial charge in [0.15, 0.2) is 0 Å². The average Bonchev–Trinajstić information content (AvgIpc) is 3.39. The number of nitrogen functional groups attached to an aromatic ring is 1. The van der Waals surface area contributed by atoms with E-state index in [1.165, 1.54) is 6.07 Å². The Bertz CT molecular complexity index is 1440. The SMILES string of the molecule is Cn1cc(C(=O)Cl)c(I)n1.Cn1cc(C(=O)Nc2ccccc2B(O)O)c(I)n1.Nc1ccccc1B(O)O. The van der Waals surface area contributed by atoms with Gasteiger partial charge in [0.05, 0.1) is 11.1 Å². The number of anilines is 2. The highest BCUT2D eigenvalue weighted by molar-refractivity contribution is 14.1. The Hall–Kier alpha value is -2.48. The molecule has 0 aliphatic carbocycles. The molecule has 2 aromatic carbocycles. The second-order valence-electron chi connectivity index (χ2n) is 7.71. The summed E-state index contributed by atoms with van der Waals surface area (Å²) in [6, 6.07) is 13.1. The van der Waals surface area contributed by atoms with Crippen LogP contribution in [0.1, 0.15) is 20.7 Å². The molecule has 0 aliphatic heterocycles. The van der Waals surface area contributed by atoms with Crippen molar-refractivity contribution in [2.75, 3.05) is 11.1 Å². The van der Waals surface area contributed by atoms with Crippen LogP contribution in [-0.2, 0) is 14.1 Å². The van der Waals surface area contributed by atoms with Crippen molar-refractivity contribution < 1.29 is 29.7 Å². The number of aromatic nitrogens is 4. The number of carbonyl (C=O) groups is 2. The summed E-state index contributed by atoms with van der Waals surface area (Å²) in [5.74, 6) is -0.342. The van der Waals surface area contributed by atoms with Crippen molar-refractivity contribution in [3.8, 4) is 0 Å². The molecule has 0 aliphatic rings. The molecule has 0 atom stereocenters. The number of hydrogen-bond acceptors (Lipinski definition) is 9. The zero-order valence-electron chi connectivity index (χ0n) is 20.5. The molecular formula is C22H23B2ClI2N6O6. The zero-order chi connectivity index (χ0) is 29.3. The summed E-state index contributed by atoms with van der Waals surface area (Å²) in [6.07, 6.45) is 3.20. The summed E-state index contributed by atoms with van der Waals surface area (Å²) in [5.41, 5.74) is 7.66. The summed E-state index contributed by atoms with van der Waals surface area (Å²) in [4.78, 5) is 22.7. The third-order valence-electron chi connectivity index (χ3n) is 4.79. The van der Waals surface area contributed by atoms with Crippen molar-refractivity contribution in [3.63, 3.8) is 0 Å². The molecule has 7 N–H and O–H groups in total. The number of para-hydroxylation sites is 2. The number of benzene rings is 2. The van der Waals surface area contributed by atoms with Crippen LogP contribution >= 0.6 is 56.8 Å². The second-order valence-corrected chi connectivity index (χ2v) is 10.1. The van der Waals surface area contributed by atoms with Gasteiger partial charge in [-0.25, -0.2) is 0 Å². The van der Waals surface area contributed by atoms with Crippen LogP contribution < -0.4 is 22.0 Å². The molecular weight excluding hydrogens is 755 g/mol. The first-order valence-corrected chi connectivity index (χ1v) is 13.4. The summed E-state index contributed by atoms with van der Waals surface area (Å²) in [5, 5.41) is 46.0. The van der Waals surface area contributed by atoms with E-state index in [1.54, 1.807) is 78.3 Å². The van der Waals surface area contributed by atoms with Crippen LogP contribution in [0, 0.1) is 7.40 Å². The van der Waals surface area contributed by atoms with Crippen LogP contribution in [-0.4, -0.2) is 65.0 Å². The number of nitrogens with zero attached hydrogens (tertiary/aromatic N) is 4. The monoisotopic (exact) mass is 778 g/mol. The van der Waals surface area contributed by atoms with Gasteiger partial charge in [-0.2, -0.15) is 10.2 Å². The van der Waals surface area contributed by atoms with Crippen molar-refractivity contribution in [1.29, 1.82) is 0 Å². The first-order valence-electron chi connectivity index (χ1n) is 10.9. The molecule has 0 saturated heterocycles. The average molecular weight is 778 g/mol. The molecule has 2 aromatic heterocycles. The molecule has 0 bridgehead atoms. The number of halogens is 3. The Morgan fingerprint density at radius 3 is 1.69 bits per heavy atom. The van der Waals surface area contributed by atoms with E-state index >= 15 is 0 Å². The molecule has 0 unspecified atom stereocenters. The van der Waals surface area contributed by atoms with Gasteiger partial charge in [-0.1, -0.05) is 36.4 Å². The van der Waals surface area contributed by atoms with Gasteiger partial charge < -0.3 is 31.1 Å². The van der Waals surface area contributed by atoms with Crippen molar-refractivity contribution in [1.82, 2.24) is 19.6 Å². The lowest BCUT2D eigenvalue weighted by Crippen LogP contribution is -2.33. The molecule has 0 fully saturated rings. The maximum absolute atomic E-state index is 12.1. The molecule has 0 spiro atoms. The van der Waals surface area contributed by atoms with Crippen LogP contribution in [0.3, 0.4) is 0 Å². The highest BCUT2D eigenvalue weighted by atomic mass is 127. The van der Waals surface area contributed by atoms with E-state index < -0.39 is 19.5 Å². The quantitative estimate of drug-likeness (QED) is 0.0718. The smallest absolute Gasteiger partial charge is 0.423 e. The Morgan fingerprint density at radius 2 is 1.31 bits per heavy atom. The van der Waals surface area contributed by atoms with Gasteiger partial charge in [0.1, 0.15) is 7.40 Å². The van der Waals surface area contributed by atoms with Crippen molar-refractivity contribution in [2.24, 2.45) is 14.1 Å². The number of amides is 1. The van der Waals surface area contributed by atoms with Gasteiger partial charge in [-0.3, -0.25) is 19.0 Å². The van der Waals surface area contributed by atoms with Gasteiger partial charge in [-0.15, -0.1) is 0 Å². The van der Waals surface area contributed by atoms with Crippen LogP contribution in [0.15, 0.2) is 60.9 Å². The normalized spacial score (nSPS) is 9.97. The minimum Gasteiger partial charge on any atom is -0.423 e. The van der Waals surface area contributed by atoms with Crippen LogP contribution in [0.25, 0.3) is 0 Å². The third kappa shape index (κ3) is 9.89. The third-order valence-corrected chi connectivity index (χ3v) is 6.58. The number of aryl methyl sites for hydroxylation is 2. The standard InChI is InChI=1S/C11H11BIN3O3.C6H8BNO2.C5H4ClIN2O/c1-16-6-7(10(13)15-16)11(17)14-9-5-3-2-4-8(9)12(18)19;8-6-4-2-1-3-5(6)7(9)10;1-9-2-3(4(6)10)5(7)8-9/h2-6,18-19H,1H3,(H,14,17);1-4,9-10H,8H2;2H,1H3. The molecule has 4 rings (SSSR count). The summed E-state index contributed by atoms with van der Waals surface area (Å²) >= 11 is 9.15. The molecule has 17 heteroatoms. The number of nitrogens with two attached hydrogens (primary N) is 1. The minimum atomic E-state index is -1.63. The molecule has 0 saturated carbocycles. The Labute approximate surface area is 256 Å². The molecule has 4 aromatic rings. The van der Waals surface area contributed by atoms with Gasteiger partial charge >= 0.3 is 14.2 Å². The van der Waals surface area contributed by atoms with Gasteiger partial charge in [-0.05, 0) is 68.9 Å². The summed E-state index contributed by atoms with van der Waals surface area (Å²) < 4.78 is 4.32. The Morgan fingerprint density at radius 1 is 0.846 bits per heavy atom. The Kier molecular flexibility index (Phi) is 12.9. The second kappa shape index (κ2) is 15.3. The highest BCUT2D eigenvalue weighted by Gasteiger charge is 2.19. The molecule has 12 nitrogen and oxygen atoms in total. The van der Waals surface area contributed by atoms with E-state index in [1.807, 2.05) is 45.2 Å². The summed E-state index contributed by atoms with van der Waals surface area (Å²) in [6.45, 7) is 0. The molecule has 0 radical (unpaired) electrons. The lowest BCUT2D eigenvalue weighted by molar-refractivity contribution is 0.102. The van der Waals surface area contributed by atoms with E-state index in [2.05, 4.69) is 15.5 Å². The van der Waals surface area contributed by atoms with E-state index in [4.69, 9.17) is 27.4 Å². The van der Waals surface area contributed by atoms with Crippen molar-refractivity contribution in [3.05, 3.63) is 79.5 Å². The first-order chi connectivity index (χ1) is 18.3. The number of hydrogen-bond donors (Lipinski definition) is 6. The molecule has 39 heavy (non-hydrogen) atoms. The predicted octanol–water partition coefficient (Wildman–Crippen LogP) is 0.309. The molecule has 204 valence electrons. The lowest BCUT2D eigenvalue weighted by atomic mass is 9.79. The van der Waals surface area contributed by atoms with Gasteiger partial charge in [0.2, 0.25) is 0 Å². The highest BCUT2D eigenvalue weighted by Crippen LogP contribution is 2.13. The van der Waals surface area contributed by atoms with Gasteiger partial charge in [0.25, 0.3) is 11.1 Å². The predicted molar refractivity (Wildman–Crippen MR) is 167 cm³/mol. The van der Waals surface area contributed by atoms with E-state index in [9.17, 15) is 19.6 Å². The fourth-order valence-electron chi connectivity index (χ4n) is 2.98. The maximum atomic E-state index is 12.1. The first kappa shape index (κ1) is 32.7. The largest absolute Gasteiger partial charge is 0.490 e. The number of carbonyl (C=O) groups excluding carboxylic acids is 2. The fraction of sp³-hybridized carbons (Fsp3) is 0.0909. The topological polar surface area (TPSA) is 189 Å². The van der Waals surface area contributed by atoms with E-state index in [0.29, 0.717) is 35.4 Å². The van der Waals surface area contributed by atoms with Crippen LogP contribution in [0.5, 0.6) is 0 Å². The van der Waals surface area contributed by atoms with Gasteiger partial charge in [0, 0.05) is 48.8 Å². The van der Waals surface area contributed by atoms with Crippen molar-refractivity contribution in [2.45, 2.75) is 0 Å². The zero-order valence-corrected chi connectivity index (χ0v) is 25.6. The number of nitrogens with one attached hydrogen (secondary N) is 1. The Balaban J connectivity index is 0.000000225. The van der Waals surface area contributed by atoms with Crippen LogP contribution in [0.2, 0.25) is 0 Å². The molecule has 1 amide bonds. The maximum Gasteiger partial charge on any atom is 0.490 e. The fourth-order valence-corrected chi connectivity index (χ4v) is 4.73. The summed E-state index contributed by atoms with van der Waals surface area (Å²) in [7, 11) is 0.362. The minimum absolute atomic E-state index is 0.245. The van der Waals surface area contributed by atoms with E-state index in [0.717, 1.165) is 0 Å². The molecule has 2 heterocycles. The lowest BCUT2D eigenvalue weighted by Gasteiger charge is -2.09. The number of rotatable bonds is 5.